The van der Waals surface area contributed by atoms with Crippen LogP contribution < -0.4 is 0 Å². The number of hydrogen-bond acceptors (Lipinski definition) is 7. The van der Waals surface area contributed by atoms with Gasteiger partial charge < -0.3 is 28.5 Å². The molecule has 0 saturated carbocycles. The molecule has 0 aliphatic rings. The zero-order chi connectivity index (χ0) is 71.1. The third-order valence-corrected chi connectivity index (χ3v) is 19.2. The molecule has 0 fully saturated rings. The molecule has 0 aliphatic carbocycles. The second-order valence-electron chi connectivity index (χ2n) is 30.1. The van der Waals surface area contributed by atoms with E-state index >= 15 is 0 Å². The summed E-state index contributed by atoms with van der Waals surface area (Å²) in [6.45, 7) is 4.83. The molecule has 9 heteroatoms. The Labute approximate surface area is 608 Å². The van der Waals surface area contributed by atoms with E-state index in [0.29, 0.717) is 17.4 Å². The lowest BCUT2D eigenvalue weighted by Gasteiger charge is -2.25. The van der Waals surface area contributed by atoms with Gasteiger partial charge in [-0.1, -0.05) is 414 Å². The molecule has 0 rings (SSSR count). The van der Waals surface area contributed by atoms with Crippen LogP contribution in [0.15, 0.2) is 72.9 Å². The van der Waals surface area contributed by atoms with Crippen LogP contribution in [0, 0.1) is 0 Å². The van der Waals surface area contributed by atoms with Crippen molar-refractivity contribution in [1.29, 1.82) is 0 Å². The number of carbonyl (C=O) groups is 3. The fourth-order valence-electron chi connectivity index (χ4n) is 12.8. The molecule has 0 aromatic heterocycles. The number of ether oxygens (including phenoxy) is 4. The number of rotatable bonds is 80. The molecule has 0 bridgehead atoms. The van der Waals surface area contributed by atoms with Gasteiger partial charge in [-0.05, 0) is 64.2 Å². The van der Waals surface area contributed by atoms with Gasteiger partial charge in [-0.3, -0.25) is 9.59 Å². The monoisotopic (exact) mass is 1380 g/mol. The number of carbonyl (C=O) groups excluding carboxylic acids is 2. The highest BCUT2D eigenvalue weighted by atomic mass is 16.7. The summed E-state index contributed by atoms with van der Waals surface area (Å²) in [5, 5.41) is 9.78. The molecule has 0 spiro atoms. The molecule has 2 atom stereocenters. The van der Waals surface area contributed by atoms with Crippen LogP contribution in [-0.2, 0) is 33.3 Å². The van der Waals surface area contributed by atoms with E-state index in [1.54, 1.807) is 0 Å². The summed E-state index contributed by atoms with van der Waals surface area (Å²) in [6.07, 6.45) is 105. The van der Waals surface area contributed by atoms with Crippen molar-refractivity contribution in [2.75, 3.05) is 47.5 Å². The van der Waals surface area contributed by atoms with E-state index in [1.165, 1.54) is 315 Å². The Morgan fingerprint density at radius 1 is 0.316 bits per heavy atom. The zero-order valence-corrected chi connectivity index (χ0v) is 65.7. The highest BCUT2D eigenvalue weighted by molar-refractivity contribution is 5.71. The van der Waals surface area contributed by atoms with Gasteiger partial charge in [-0.25, -0.2) is 4.79 Å². The maximum Gasteiger partial charge on any atom is 0.361 e. The SMILES string of the molecule is CC/C=C\C/C=C\C/C=C\C/C=C\C/C=C\C/C=C\CCCCCCCCCCCCCCCCCCC(=O)OC(COC(=O)CCCCCCCCCCCCCCCCCCCCCCCCCCCCCCCCCCCCCCCC)COC(OCC[N+](C)(C)C)C(=O)O. The number of aliphatic carboxylic acids is 1. The number of esters is 2. The third-order valence-electron chi connectivity index (χ3n) is 19.2. The number of carboxylic acid groups (broad SMARTS) is 1. The van der Waals surface area contributed by atoms with E-state index < -0.39 is 18.4 Å². The van der Waals surface area contributed by atoms with Crippen molar-refractivity contribution in [3.05, 3.63) is 72.9 Å². The summed E-state index contributed by atoms with van der Waals surface area (Å²) < 4.78 is 23.1. The van der Waals surface area contributed by atoms with E-state index in [4.69, 9.17) is 18.9 Å². The average molecular weight is 1380 g/mol. The van der Waals surface area contributed by atoms with Gasteiger partial charge in [0, 0.05) is 12.8 Å². The predicted molar refractivity (Wildman–Crippen MR) is 424 cm³/mol. The van der Waals surface area contributed by atoms with Crippen molar-refractivity contribution in [3.8, 4) is 0 Å². The highest BCUT2D eigenvalue weighted by Crippen LogP contribution is 2.20. The van der Waals surface area contributed by atoms with E-state index in [1.807, 2.05) is 21.1 Å². The molecule has 1 N–H and O–H groups in total. The number of likely N-dealkylation sites (N-methyl/N-ethyl adjacent to an activating group) is 1. The lowest BCUT2D eigenvalue weighted by Crippen LogP contribution is -2.40. The van der Waals surface area contributed by atoms with Crippen LogP contribution in [0.5, 0.6) is 0 Å². The van der Waals surface area contributed by atoms with Crippen molar-refractivity contribution in [2.24, 2.45) is 0 Å². The second-order valence-corrected chi connectivity index (χ2v) is 30.1. The minimum absolute atomic E-state index is 0.178. The Bertz CT molecular complexity index is 1850. The molecular formula is C89H164NO8+. The summed E-state index contributed by atoms with van der Waals surface area (Å²) >= 11 is 0. The highest BCUT2D eigenvalue weighted by Gasteiger charge is 2.25. The minimum atomic E-state index is -1.51. The van der Waals surface area contributed by atoms with Crippen molar-refractivity contribution < 1.29 is 42.9 Å². The van der Waals surface area contributed by atoms with Crippen LogP contribution in [0.1, 0.15) is 418 Å². The molecule has 572 valence electrons. The van der Waals surface area contributed by atoms with Gasteiger partial charge in [0.05, 0.1) is 34.4 Å². The average Bonchev–Trinajstić information content (AvgIpc) is 1.34. The summed E-state index contributed by atoms with van der Waals surface area (Å²) in [5.74, 6) is -1.98. The van der Waals surface area contributed by atoms with E-state index in [9.17, 15) is 19.5 Å². The smallest absolute Gasteiger partial charge is 0.361 e. The summed E-state index contributed by atoms with van der Waals surface area (Å²) in [4.78, 5) is 37.8. The van der Waals surface area contributed by atoms with E-state index in [2.05, 4.69) is 86.8 Å². The van der Waals surface area contributed by atoms with Crippen LogP contribution in [0.3, 0.4) is 0 Å². The minimum Gasteiger partial charge on any atom is -0.477 e. The van der Waals surface area contributed by atoms with Crippen molar-refractivity contribution in [1.82, 2.24) is 0 Å². The van der Waals surface area contributed by atoms with Gasteiger partial charge >= 0.3 is 17.9 Å². The second kappa shape index (κ2) is 79.4. The Hall–Kier alpha value is -3.27. The van der Waals surface area contributed by atoms with Crippen LogP contribution in [0.4, 0.5) is 0 Å². The number of allylic oxidation sites excluding steroid dienone is 12. The lowest BCUT2D eigenvalue weighted by molar-refractivity contribution is -0.870. The van der Waals surface area contributed by atoms with Gasteiger partial charge in [-0.15, -0.1) is 0 Å². The van der Waals surface area contributed by atoms with Crippen LogP contribution in [-0.4, -0.2) is 87.4 Å². The standard InChI is InChI=1S/C89H163NO8/c1-6-8-10-12-14-16-18-20-22-24-26-28-30-32-34-36-38-40-42-43-44-46-47-49-51-53-55-57-59-61-63-65-67-69-71-73-75-77-79-86(91)96-83-85(84-97-89(88(93)94)95-82-81-90(3,4)5)98-87(92)80-78-76-74-72-70-68-66-64-62-60-58-56-54-52-50-48-45-41-39-37-35-33-31-29-27-25-23-21-19-17-15-13-11-9-7-2/h9,11,15,17,21,23,27,29,33,35,39,41,85,89H,6-8,10,12-14,16,18-20,22,24-26,28,30-32,34,36-38,40,42-84H2,1-5H3/p+1/b11-9-,17-15-,23-21-,29-27-,35-33-,41-39-. The fourth-order valence-corrected chi connectivity index (χ4v) is 12.8. The van der Waals surface area contributed by atoms with Crippen LogP contribution in [0.25, 0.3) is 0 Å². The Kier molecular flexibility index (Phi) is 76.8. The van der Waals surface area contributed by atoms with Gasteiger partial charge in [-0.2, -0.15) is 0 Å². The summed E-state index contributed by atoms with van der Waals surface area (Å²) in [7, 11) is 6.00. The molecule has 0 radical (unpaired) electrons. The number of nitrogens with zero attached hydrogens (tertiary/aromatic N) is 1. The Morgan fingerprint density at radius 3 is 0.867 bits per heavy atom. The molecular weight excluding hydrogens is 1210 g/mol. The Morgan fingerprint density at radius 2 is 0.582 bits per heavy atom. The van der Waals surface area contributed by atoms with Crippen molar-refractivity contribution in [3.63, 3.8) is 0 Å². The zero-order valence-electron chi connectivity index (χ0n) is 65.7. The number of hydrogen-bond donors (Lipinski definition) is 1. The quantitative estimate of drug-likeness (QED) is 0.0211. The van der Waals surface area contributed by atoms with Gasteiger partial charge in [0.1, 0.15) is 13.2 Å². The lowest BCUT2D eigenvalue weighted by atomic mass is 10.0. The fraction of sp³-hybridized carbons (Fsp3) is 0.831. The third kappa shape index (κ3) is 80.0. The first-order valence-electron chi connectivity index (χ1n) is 42.6. The van der Waals surface area contributed by atoms with Gasteiger partial charge in [0.15, 0.2) is 6.10 Å². The first-order valence-corrected chi connectivity index (χ1v) is 42.6. The first kappa shape index (κ1) is 94.7. The van der Waals surface area contributed by atoms with Crippen molar-refractivity contribution >= 4 is 17.9 Å². The van der Waals surface area contributed by atoms with E-state index in [0.717, 1.165) is 77.0 Å². The Balaban J connectivity index is 3.95. The van der Waals surface area contributed by atoms with E-state index in [-0.39, 0.29) is 38.2 Å². The molecule has 2 unspecified atom stereocenters. The number of carboxylic acids is 1. The van der Waals surface area contributed by atoms with Crippen molar-refractivity contribution in [2.45, 2.75) is 431 Å². The predicted octanol–water partition coefficient (Wildman–Crippen LogP) is 27.5. The van der Waals surface area contributed by atoms with Crippen LogP contribution in [0.2, 0.25) is 0 Å². The maximum atomic E-state index is 13.0. The van der Waals surface area contributed by atoms with Gasteiger partial charge in [0.2, 0.25) is 0 Å². The maximum absolute atomic E-state index is 13.0. The molecule has 0 aliphatic heterocycles. The molecule has 98 heavy (non-hydrogen) atoms. The molecule has 0 amide bonds. The van der Waals surface area contributed by atoms with Crippen LogP contribution >= 0.6 is 0 Å². The van der Waals surface area contributed by atoms with Gasteiger partial charge in [0.25, 0.3) is 6.29 Å². The largest absolute Gasteiger partial charge is 0.477 e. The molecule has 0 aromatic carbocycles. The molecule has 0 saturated heterocycles. The number of quaternary nitrogens is 1. The first-order chi connectivity index (χ1) is 48.1. The number of unbranched alkanes of at least 4 members (excludes halogenated alkanes) is 53. The molecule has 0 heterocycles. The molecule has 9 nitrogen and oxygen atoms in total. The normalized spacial score (nSPS) is 12.9. The summed E-state index contributed by atoms with van der Waals surface area (Å²) in [5.41, 5.74) is 0. The topological polar surface area (TPSA) is 108 Å². The molecule has 0 aromatic rings. The summed E-state index contributed by atoms with van der Waals surface area (Å²) in [6, 6.07) is 0.